The molecule has 3 rings (SSSR count). The first kappa shape index (κ1) is 16.2. The van der Waals surface area contributed by atoms with Crippen LogP contribution < -0.4 is 10.2 Å². The van der Waals surface area contributed by atoms with Crippen molar-refractivity contribution in [2.75, 3.05) is 57.2 Å². The smallest absolute Gasteiger partial charge is 0.224 e. The summed E-state index contributed by atoms with van der Waals surface area (Å²) in [4.78, 5) is 14.7. The van der Waals surface area contributed by atoms with Gasteiger partial charge in [-0.05, 0) is 17.5 Å². The molecule has 0 aromatic carbocycles. The molecule has 1 fully saturated rings. The molecule has 1 N–H and O–H groups in total. The summed E-state index contributed by atoms with van der Waals surface area (Å²) >= 11 is 1.80. The van der Waals surface area contributed by atoms with E-state index in [1.807, 2.05) is 25.1 Å². The average molecular weight is 333 g/mol. The zero-order chi connectivity index (χ0) is 16.1. The van der Waals surface area contributed by atoms with E-state index < -0.39 is 0 Å². The highest BCUT2D eigenvalue weighted by atomic mass is 32.1. The number of nitrogens with zero attached hydrogens (tertiary/aromatic N) is 4. The van der Waals surface area contributed by atoms with Crippen molar-refractivity contribution in [3.63, 3.8) is 0 Å². The van der Waals surface area contributed by atoms with Gasteiger partial charge in [-0.15, -0.1) is 11.3 Å². The lowest BCUT2D eigenvalue weighted by Crippen LogP contribution is -2.41. The Morgan fingerprint density at radius 2 is 2.17 bits per heavy atom. The Hall–Kier alpha value is -1.70. The van der Waals surface area contributed by atoms with Gasteiger partial charge in [-0.1, -0.05) is 6.07 Å². The minimum absolute atomic E-state index is 0.325. The lowest BCUT2D eigenvalue weighted by Gasteiger charge is -2.34. The third kappa shape index (κ3) is 4.19. The van der Waals surface area contributed by atoms with Gasteiger partial charge in [0, 0.05) is 44.8 Å². The maximum Gasteiger partial charge on any atom is 0.224 e. The Bertz CT molecular complexity index is 598. The molecule has 0 bridgehead atoms. The zero-order valence-electron chi connectivity index (χ0n) is 13.6. The van der Waals surface area contributed by atoms with Crippen LogP contribution >= 0.6 is 11.3 Å². The van der Waals surface area contributed by atoms with Crippen LogP contribution in [0, 0.1) is 0 Å². The van der Waals surface area contributed by atoms with Gasteiger partial charge in [0.1, 0.15) is 5.82 Å². The van der Waals surface area contributed by atoms with E-state index in [4.69, 9.17) is 4.74 Å². The van der Waals surface area contributed by atoms with E-state index in [0.717, 1.165) is 38.7 Å². The molecule has 23 heavy (non-hydrogen) atoms. The number of ether oxygens (including phenoxy) is 1. The molecule has 1 unspecified atom stereocenters. The van der Waals surface area contributed by atoms with E-state index in [1.165, 1.54) is 4.88 Å². The summed E-state index contributed by atoms with van der Waals surface area (Å²) in [7, 11) is 3.96. The van der Waals surface area contributed by atoms with E-state index in [2.05, 4.69) is 37.7 Å². The number of morpholine rings is 1. The van der Waals surface area contributed by atoms with Crippen molar-refractivity contribution in [1.82, 2.24) is 14.9 Å². The number of hydrogen-bond acceptors (Lipinski definition) is 7. The SMILES string of the molecule is CN(C)c1ccnc(NCC(c2cccs2)N2CCOCC2)n1. The molecule has 124 valence electrons. The van der Waals surface area contributed by atoms with Crippen molar-refractivity contribution in [1.29, 1.82) is 0 Å². The first-order chi connectivity index (χ1) is 11.2. The van der Waals surface area contributed by atoms with Crippen molar-refractivity contribution in [2.45, 2.75) is 6.04 Å². The highest BCUT2D eigenvalue weighted by molar-refractivity contribution is 7.10. The van der Waals surface area contributed by atoms with Crippen LogP contribution in [0.2, 0.25) is 0 Å². The van der Waals surface area contributed by atoms with Gasteiger partial charge < -0.3 is 15.0 Å². The molecule has 7 heteroatoms. The largest absolute Gasteiger partial charge is 0.379 e. The van der Waals surface area contributed by atoms with Crippen LogP contribution in [0.5, 0.6) is 0 Å². The van der Waals surface area contributed by atoms with Gasteiger partial charge in [0.25, 0.3) is 0 Å². The highest BCUT2D eigenvalue weighted by Crippen LogP contribution is 2.26. The Labute approximate surface area is 141 Å². The Morgan fingerprint density at radius 3 is 2.87 bits per heavy atom. The Balaban J connectivity index is 1.70. The van der Waals surface area contributed by atoms with Crippen molar-refractivity contribution in [3.05, 3.63) is 34.7 Å². The fourth-order valence-corrected chi connectivity index (χ4v) is 3.51. The van der Waals surface area contributed by atoms with Gasteiger partial charge in [0.05, 0.1) is 19.3 Å². The van der Waals surface area contributed by atoms with E-state index in [0.29, 0.717) is 12.0 Å². The molecule has 6 nitrogen and oxygen atoms in total. The fourth-order valence-electron chi connectivity index (χ4n) is 2.65. The summed E-state index contributed by atoms with van der Waals surface area (Å²) < 4.78 is 5.48. The van der Waals surface area contributed by atoms with Crippen LogP contribution in [0.25, 0.3) is 0 Å². The number of hydrogen-bond donors (Lipinski definition) is 1. The molecular formula is C16H23N5OS. The second-order valence-corrected chi connectivity index (χ2v) is 6.67. The van der Waals surface area contributed by atoms with Gasteiger partial charge in [0.2, 0.25) is 5.95 Å². The first-order valence-corrected chi connectivity index (χ1v) is 8.71. The normalized spacial score (nSPS) is 17.0. The third-order valence-corrected chi connectivity index (χ3v) is 4.88. The Kier molecular flexibility index (Phi) is 5.43. The van der Waals surface area contributed by atoms with Crippen molar-refractivity contribution in [3.8, 4) is 0 Å². The molecule has 1 aliphatic heterocycles. The van der Waals surface area contributed by atoms with E-state index >= 15 is 0 Å². The molecule has 0 saturated carbocycles. The van der Waals surface area contributed by atoms with E-state index in [1.54, 1.807) is 17.5 Å². The summed E-state index contributed by atoms with van der Waals surface area (Å²) in [6.45, 7) is 4.31. The fraction of sp³-hybridized carbons (Fsp3) is 0.500. The molecule has 1 aliphatic rings. The number of thiophene rings is 1. The molecule has 0 spiro atoms. The van der Waals surface area contributed by atoms with Crippen molar-refractivity contribution in [2.24, 2.45) is 0 Å². The summed E-state index contributed by atoms with van der Waals surface area (Å²) in [6, 6.07) is 6.54. The van der Waals surface area contributed by atoms with Gasteiger partial charge in [-0.2, -0.15) is 4.98 Å². The van der Waals surface area contributed by atoms with Crippen LogP contribution in [0.1, 0.15) is 10.9 Å². The maximum absolute atomic E-state index is 5.48. The van der Waals surface area contributed by atoms with E-state index in [-0.39, 0.29) is 0 Å². The molecule has 1 saturated heterocycles. The lowest BCUT2D eigenvalue weighted by atomic mass is 10.2. The minimum Gasteiger partial charge on any atom is -0.379 e. The molecule has 3 heterocycles. The van der Waals surface area contributed by atoms with Crippen LogP contribution in [-0.4, -0.2) is 61.8 Å². The third-order valence-electron chi connectivity index (χ3n) is 3.91. The van der Waals surface area contributed by atoms with Gasteiger partial charge in [-0.3, -0.25) is 4.90 Å². The predicted molar refractivity (Wildman–Crippen MR) is 94.3 cm³/mol. The number of nitrogens with one attached hydrogen (secondary N) is 1. The number of aromatic nitrogens is 2. The van der Waals surface area contributed by atoms with Crippen molar-refractivity contribution < 1.29 is 4.74 Å². The first-order valence-electron chi connectivity index (χ1n) is 7.83. The Morgan fingerprint density at radius 1 is 1.35 bits per heavy atom. The average Bonchev–Trinajstić information content (AvgIpc) is 3.11. The summed E-state index contributed by atoms with van der Waals surface area (Å²) in [5.41, 5.74) is 0. The zero-order valence-corrected chi connectivity index (χ0v) is 14.4. The second-order valence-electron chi connectivity index (χ2n) is 5.69. The number of rotatable bonds is 6. The van der Waals surface area contributed by atoms with Gasteiger partial charge in [0.15, 0.2) is 0 Å². The number of anilines is 2. The topological polar surface area (TPSA) is 53.5 Å². The quantitative estimate of drug-likeness (QED) is 0.874. The van der Waals surface area contributed by atoms with Gasteiger partial charge >= 0.3 is 0 Å². The minimum atomic E-state index is 0.325. The van der Waals surface area contributed by atoms with Crippen molar-refractivity contribution >= 4 is 23.1 Å². The predicted octanol–water partition coefficient (Wildman–Crippen LogP) is 2.09. The summed E-state index contributed by atoms with van der Waals surface area (Å²) in [5, 5.41) is 5.53. The maximum atomic E-state index is 5.48. The lowest BCUT2D eigenvalue weighted by molar-refractivity contribution is 0.0193. The van der Waals surface area contributed by atoms with Crippen LogP contribution in [-0.2, 0) is 4.74 Å². The monoisotopic (exact) mass is 333 g/mol. The highest BCUT2D eigenvalue weighted by Gasteiger charge is 2.23. The summed E-state index contributed by atoms with van der Waals surface area (Å²) in [6.07, 6.45) is 1.79. The van der Waals surface area contributed by atoms with Crippen LogP contribution in [0.4, 0.5) is 11.8 Å². The molecule has 2 aromatic rings. The molecule has 0 aliphatic carbocycles. The molecular weight excluding hydrogens is 310 g/mol. The molecule has 1 atom stereocenters. The summed E-state index contributed by atoms with van der Waals surface area (Å²) in [5.74, 6) is 1.58. The van der Waals surface area contributed by atoms with Crippen LogP contribution in [0.15, 0.2) is 29.8 Å². The van der Waals surface area contributed by atoms with Crippen LogP contribution in [0.3, 0.4) is 0 Å². The molecule has 0 amide bonds. The standard InChI is InChI=1S/C16H23N5OS/c1-20(2)15-5-6-17-16(19-15)18-12-13(14-4-3-11-23-14)21-7-9-22-10-8-21/h3-6,11,13H,7-10,12H2,1-2H3,(H,17,18,19). The molecule has 0 radical (unpaired) electrons. The molecule has 2 aromatic heterocycles. The van der Waals surface area contributed by atoms with E-state index in [9.17, 15) is 0 Å². The van der Waals surface area contributed by atoms with Gasteiger partial charge in [-0.25, -0.2) is 4.98 Å². The second kappa shape index (κ2) is 7.72.